The van der Waals surface area contributed by atoms with Crippen LogP contribution in [0.3, 0.4) is 0 Å². The van der Waals surface area contributed by atoms with Crippen molar-refractivity contribution >= 4 is 23.8 Å². The zero-order valence-corrected chi connectivity index (χ0v) is 29.8. The predicted molar refractivity (Wildman–Crippen MR) is 182 cm³/mol. The number of nitrogens with zero attached hydrogens (tertiary/aromatic N) is 2. The number of hydrogen-bond acceptors (Lipinski definition) is 11. The standard InChI is InChI=1S/C34H54N6O10/c1-19-13-22(14-20(2)26(19)44)29(46)36-16-24(43)27(45)28-25(37-21(3)41)23(42)15-34(50-28,30(47)48)8-11-40-12-9-35-17-33(40)7-10-39(18-33)31(49)38-32(4,5)6/h13-14,23-25,27-28,35,42-45H,7-12,15-18H2,1-6H3,(H,36,46)(H,37,41)(H,38,49)(H,47,48)/t23-,24+,25+,27+,28+,33+,34+/m0/s1. The maximum absolute atomic E-state index is 13.0. The Morgan fingerprint density at radius 2 is 1.78 bits per heavy atom. The number of urea groups is 1. The first kappa shape index (κ1) is 39.2. The lowest BCUT2D eigenvalue weighted by molar-refractivity contribution is -0.230. The molecule has 0 aromatic heterocycles. The number of benzene rings is 1. The number of phenols is 1. The summed E-state index contributed by atoms with van der Waals surface area (Å²) < 4.78 is 6.15. The van der Waals surface area contributed by atoms with Crippen molar-refractivity contribution in [2.75, 3.05) is 45.8 Å². The van der Waals surface area contributed by atoms with E-state index in [1.165, 1.54) is 19.1 Å². The lowest BCUT2D eigenvalue weighted by Gasteiger charge is -2.49. The fourth-order valence-corrected chi connectivity index (χ4v) is 7.27. The van der Waals surface area contributed by atoms with Crippen molar-refractivity contribution < 1.29 is 49.4 Å². The summed E-state index contributed by atoms with van der Waals surface area (Å²) in [5, 5.41) is 65.6. The van der Waals surface area contributed by atoms with E-state index in [0.29, 0.717) is 50.3 Å². The molecule has 3 heterocycles. The highest BCUT2D eigenvalue weighted by atomic mass is 16.6. The van der Waals surface area contributed by atoms with Crippen molar-refractivity contribution in [2.24, 2.45) is 0 Å². The molecular formula is C34H54N6O10. The summed E-state index contributed by atoms with van der Waals surface area (Å²) in [6.07, 6.45) is -6.39. The predicted octanol–water partition coefficient (Wildman–Crippen LogP) is -0.814. The molecule has 4 rings (SSSR count). The van der Waals surface area contributed by atoms with Crippen LogP contribution in [-0.2, 0) is 14.3 Å². The van der Waals surface area contributed by atoms with E-state index in [0.717, 1.165) is 0 Å². The third-order valence-corrected chi connectivity index (χ3v) is 9.95. The third kappa shape index (κ3) is 8.84. The number of carboxylic acid groups (broad SMARTS) is 1. The number of ether oxygens (including phenoxy) is 1. The number of amides is 4. The Balaban J connectivity index is 1.50. The Morgan fingerprint density at radius 3 is 2.38 bits per heavy atom. The second-order valence-corrected chi connectivity index (χ2v) is 15.1. The number of carboxylic acids is 1. The molecule has 4 amide bonds. The molecule has 0 saturated carbocycles. The van der Waals surface area contributed by atoms with E-state index in [1.807, 2.05) is 20.8 Å². The first-order valence-corrected chi connectivity index (χ1v) is 17.1. The Hall–Kier alpha value is -3.54. The van der Waals surface area contributed by atoms with Crippen molar-refractivity contribution in [3.05, 3.63) is 28.8 Å². The van der Waals surface area contributed by atoms with Gasteiger partial charge in [-0.1, -0.05) is 0 Å². The molecule has 16 nitrogen and oxygen atoms in total. The Bertz CT molecular complexity index is 1410. The highest BCUT2D eigenvalue weighted by Crippen LogP contribution is 2.37. The van der Waals surface area contributed by atoms with Crippen LogP contribution in [-0.4, -0.2) is 152 Å². The molecule has 0 unspecified atom stereocenters. The number of aliphatic hydroxyl groups excluding tert-OH is 3. The normalized spacial score (nSPS) is 28.6. The molecule has 3 aliphatic heterocycles. The summed E-state index contributed by atoms with van der Waals surface area (Å²) in [6.45, 7) is 12.7. The molecule has 3 fully saturated rings. The van der Waals surface area contributed by atoms with Crippen LogP contribution in [0.15, 0.2) is 12.1 Å². The number of hydrogen-bond donors (Lipinski definition) is 9. The largest absolute Gasteiger partial charge is 0.507 e. The molecule has 1 aromatic rings. The summed E-state index contributed by atoms with van der Waals surface area (Å²) in [4.78, 5) is 54.8. The molecule has 3 aliphatic rings. The van der Waals surface area contributed by atoms with Gasteiger partial charge in [-0.2, -0.15) is 0 Å². The van der Waals surface area contributed by atoms with Gasteiger partial charge in [0.2, 0.25) is 5.91 Å². The van der Waals surface area contributed by atoms with Crippen LogP contribution in [0.25, 0.3) is 0 Å². The van der Waals surface area contributed by atoms with E-state index >= 15 is 0 Å². The van der Waals surface area contributed by atoms with Crippen molar-refractivity contribution in [2.45, 2.75) is 108 Å². The number of carbonyl (C=O) groups excluding carboxylic acids is 3. The fraction of sp³-hybridized carbons (Fsp3) is 0.706. The van der Waals surface area contributed by atoms with Crippen LogP contribution in [0, 0.1) is 13.8 Å². The van der Waals surface area contributed by atoms with Gasteiger partial charge in [-0.3, -0.25) is 14.5 Å². The summed E-state index contributed by atoms with van der Waals surface area (Å²) >= 11 is 0. The minimum Gasteiger partial charge on any atom is -0.507 e. The minimum absolute atomic E-state index is 0.0526. The molecule has 280 valence electrons. The van der Waals surface area contributed by atoms with Gasteiger partial charge in [-0.25, -0.2) is 9.59 Å². The Morgan fingerprint density at radius 1 is 1.12 bits per heavy atom. The molecule has 50 heavy (non-hydrogen) atoms. The van der Waals surface area contributed by atoms with E-state index in [9.17, 15) is 44.7 Å². The summed E-state index contributed by atoms with van der Waals surface area (Å²) in [7, 11) is 0. The van der Waals surface area contributed by atoms with E-state index in [1.54, 1.807) is 18.7 Å². The van der Waals surface area contributed by atoms with Gasteiger partial charge in [0.05, 0.1) is 23.8 Å². The number of carbonyl (C=O) groups is 4. The molecular weight excluding hydrogens is 652 g/mol. The van der Waals surface area contributed by atoms with Crippen LogP contribution in [0.4, 0.5) is 4.79 Å². The summed E-state index contributed by atoms with van der Waals surface area (Å²) in [5.74, 6) is -2.48. The lowest BCUT2D eigenvalue weighted by atomic mass is 9.81. The number of aromatic hydroxyl groups is 1. The van der Waals surface area contributed by atoms with Crippen LogP contribution in [0.2, 0.25) is 0 Å². The van der Waals surface area contributed by atoms with Gasteiger partial charge in [0, 0.05) is 76.7 Å². The van der Waals surface area contributed by atoms with E-state index < -0.39 is 77.9 Å². The number of aliphatic hydroxyl groups is 3. The van der Waals surface area contributed by atoms with Crippen LogP contribution in [0.1, 0.15) is 68.4 Å². The van der Waals surface area contributed by atoms with Crippen LogP contribution >= 0.6 is 0 Å². The average molecular weight is 707 g/mol. The van der Waals surface area contributed by atoms with Gasteiger partial charge < -0.3 is 56.4 Å². The molecule has 0 radical (unpaired) electrons. The quantitative estimate of drug-likeness (QED) is 0.145. The van der Waals surface area contributed by atoms with E-state index in [4.69, 9.17) is 4.74 Å². The Labute approximate surface area is 292 Å². The molecule has 1 aromatic carbocycles. The maximum atomic E-state index is 13.0. The topological polar surface area (TPSA) is 233 Å². The number of nitrogens with one attached hydrogen (secondary N) is 4. The van der Waals surface area contributed by atoms with Gasteiger partial charge >= 0.3 is 12.0 Å². The minimum atomic E-state index is -2.00. The average Bonchev–Trinajstić information content (AvgIpc) is 3.45. The maximum Gasteiger partial charge on any atom is 0.336 e. The van der Waals surface area contributed by atoms with Crippen molar-refractivity contribution in [1.82, 2.24) is 31.1 Å². The highest BCUT2D eigenvalue weighted by Gasteiger charge is 2.55. The van der Waals surface area contributed by atoms with Gasteiger partial charge in [-0.05, 0) is 64.3 Å². The van der Waals surface area contributed by atoms with E-state index in [-0.39, 0.29) is 30.3 Å². The van der Waals surface area contributed by atoms with Crippen LogP contribution < -0.4 is 21.3 Å². The molecule has 1 spiro atoms. The monoisotopic (exact) mass is 706 g/mol. The first-order chi connectivity index (χ1) is 23.3. The van der Waals surface area contributed by atoms with Gasteiger partial charge in [0.1, 0.15) is 18.0 Å². The molecule has 7 atom stereocenters. The SMILES string of the molecule is CC(=O)N[C@H]1[C@H]([C@H](O)[C@H](O)CNC(=O)c2cc(C)c(O)c(C)c2)O[C@@](CCN2CCNC[C@@]23CCN(C(=O)NC(C)(C)C)C3)(C(=O)O)C[C@@H]1O. The Kier molecular flexibility index (Phi) is 12.1. The molecule has 0 bridgehead atoms. The number of aryl methyl sites for hydroxylation is 2. The van der Waals surface area contributed by atoms with Gasteiger partial charge in [-0.15, -0.1) is 0 Å². The van der Waals surface area contributed by atoms with Crippen LogP contribution in [0.5, 0.6) is 5.75 Å². The fourth-order valence-electron chi connectivity index (χ4n) is 7.27. The second kappa shape index (κ2) is 15.4. The second-order valence-electron chi connectivity index (χ2n) is 15.1. The first-order valence-electron chi connectivity index (χ1n) is 17.1. The molecule has 9 N–H and O–H groups in total. The number of piperazine rings is 1. The smallest absolute Gasteiger partial charge is 0.336 e. The zero-order chi connectivity index (χ0) is 37.2. The number of rotatable bonds is 10. The highest BCUT2D eigenvalue weighted by molar-refractivity contribution is 5.95. The summed E-state index contributed by atoms with van der Waals surface area (Å²) in [5.41, 5.74) is -1.70. The third-order valence-electron chi connectivity index (χ3n) is 9.95. The van der Waals surface area contributed by atoms with Gasteiger partial charge in [0.25, 0.3) is 5.91 Å². The lowest BCUT2D eigenvalue weighted by Crippen LogP contribution is -2.68. The number of likely N-dealkylation sites (tertiary alicyclic amines) is 1. The van der Waals surface area contributed by atoms with Crippen molar-refractivity contribution in [3.8, 4) is 5.75 Å². The van der Waals surface area contributed by atoms with Crippen molar-refractivity contribution in [3.63, 3.8) is 0 Å². The molecule has 16 heteroatoms. The zero-order valence-electron chi connectivity index (χ0n) is 29.8. The molecule has 0 aliphatic carbocycles. The van der Waals surface area contributed by atoms with Crippen molar-refractivity contribution in [1.29, 1.82) is 0 Å². The summed E-state index contributed by atoms with van der Waals surface area (Å²) in [6, 6.07) is 1.51. The number of aliphatic carboxylic acids is 1. The van der Waals surface area contributed by atoms with E-state index in [2.05, 4.69) is 26.2 Å². The number of phenolic OH excluding ortho intramolecular Hbond substituents is 1. The molecule has 3 saturated heterocycles. The van der Waals surface area contributed by atoms with Gasteiger partial charge in [0.15, 0.2) is 5.60 Å².